The van der Waals surface area contributed by atoms with Crippen LogP contribution in [0.5, 0.6) is 0 Å². The van der Waals surface area contributed by atoms with Crippen molar-refractivity contribution in [1.82, 2.24) is 4.98 Å². The van der Waals surface area contributed by atoms with Gasteiger partial charge in [-0.25, -0.2) is 4.98 Å². The van der Waals surface area contributed by atoms with Crippen LogP contribution in [0.1, 0.15) is 0 Å². The van der Waals surface area contributed by atoms with Gasteiger partial charge in [-0.1, -0.05) is 59.3 Å². The first kappa shape index (κ1) is 12.6. The molecule has 0 aliphatic carbocycles. The minimum Gasteiger partial charge on any atom is -0.331 e. The summed E-state index contributed by atoms with van der Waals surface area (Å²) in [6.07, 6.45) is 0. The number of aromatic nitrogens is 1. The summed E-state index contributed by atoms with van der Waals surface area (Å²) in [7, 11) is 0. The van der Waals surface area contributed by atoms with Crippen molar-refractivity contribution in [2.45, 2.75) is 0 Å². The largest absolute Gasteiger partial charge is 0.331 e. The number of hydrogen-bond acceptors (Lipinski definition) is 3. The Hall–Kier alpha value is -2.10. The zero-order valence-corrected chi connectivity index (χ0v) is 12.6. The number of fused-ring (bicyclic) bond motifs is 2. The second-order valence-corrected chi connectivity index (χ2v) is 6.25. The molecule has 0 spiro atoms. The van der Waals surface area contributed by atoms with Gasteiger partial charge < -0.3 is 5.32 Å². The second-order valence-electron chi connectivity index (χ2n) is 4.78. The van der Waals surface area contributed by atoms with E-state index in [1.54, 1.807) is 11.3 Å². The van der Waals surface area contributed by atoms with E-state index in [2.05, 4.69) is 40.6 Å². The Morgan fingerprint density at radius 3 is 2.76 bits per heavy atom. The van der Waals surface area contributed by atoms with Crippen LogP contribution in [0.25, 0.3) is 21.0 Å². The van der Waals surface area contributed by atoms with Gasteiger partial charge in [-0.05, 0) is 29.7 Å². The topological polar surface area (TPSA) is 24.9 Å². The highest BCUT2D eigenvalue weighted by molar-refractivity contribution is 7.22. The van der Waals surface area contributed by atoms with E-state index in [0.717, 1.165) is 26.1 Å². The molecule has 4 heteroatoms. The highest BCUT2D eigenvalue weighted by Crippen LogP contribution is 2.32. The second kappa shape index (κ2) is 5.02. The number of nitrogens with zero attached hydrogens (tertiary/aromatic N) is 1. The minimum absolute atomic E-state index is 0.739. The first-order valence-corrected chi connectivity index (χ1v) is 7.80. The number of anilines is 2. The van der Waals surface area contributed by atoms with Crippen LogP contribution in [0.15, 0.2) is 60.7 Å². The number of hydrogen-bond donors (Lipinski definition) is 1. The summed E-state index contributed by atoms with van der Waals surface area (Å²) in [5.74, 6) is 0. The third kappa shape index (κ3) is 2.35. The van der Waals surface area contributed by atoms with Crippen molar-refractivity contribution in [3.05, 3.63) is 65.7 Å². The smallest absolute Gasteiger partial charge is 0.188 e. The predicted molar refractivity (Wildman–Crippen MR) is 91.9 cm³/mol. The molecule has 0 saturated heterocycles. The van der Waals surface area contributed by atoms with E-state index in [9.17, 15) is 0 Å². The maximum absolute atomic E-state index is 6.02. The lowest BCUT2D eigenvalue weighted by Crippen LogP contribution is -1.90. The number of rotatable bonds is 2. The van der Waals surface area contributed by atoms with Crippen molar-refractivity contribution < 1.29 is 0 Å². The average Bonchev–Trinajstić information content (AvgIpc) is 2.89. The van der Waals surface area contributed by atoms with Crippen LogP contribution < -0.4 is 5.32 Å². The molecule has 0 amide bonds. The molecule has 0 unspecified atom stereocenters. The Morgan fingerprint density at radius 1 is 0.952 bits per heavy atom. The zero-order valence-electron chi connectivity index (χ0n) is 11.0. The molecule has 0 radical (unpaired) electrons. The molecule has 0 bridgehead atoms. The highest BCUT2D eigenvalue weighted by Gasteiger charge is 2.06. The van der Waals surface area contributed by atoms with Gasteiger partial charge in [-0.15, -0.1) is 0 Å². The molecular weight excluding hydrogens is 300 g/mol. The van der Waals surface area contributed by atoms with Crippen molar-refractivity contribution in [2.75, 3.05) is 5.32 Å². The summed E-state index contributed by atoms with van der Waals surface area (Å²) in [4.78, 5) is 4.60. The van der Waals surface area contributed by atoms with Gasteiger partial charge in [-0.2, -0.15) is 0 Å². The fourth-order valence-corrected chi connectivity index (χ4v) is 3.56. The molecule has 0 fully saturated rings. The van der Waals surface area contributed by atoms with Crippen LogP contribution in [-0.2, 0) is 0 Å². The van der Waals surface area contributed by atoms with Gasteiger partial charge in [0.25, 0.3) is 0 Å². The van der Waals surface area contributed by atoms with Crippen LogP contribution in [0.3, 0.4) is 0 Å². The van der Waals surface area contributed by atoms with Gasteiger partial charge >= 0.3 is 0 Å². The molecule has 1 N–H and O–H groups in total. The lowest BCUT2D eigenvalue weighted by atomic mass is 10.1. The van der Waals surface area contributed by atoms with Crippen molar-refractivity contribution in [3.63, 3.8) is 0 Å². The number of benzene rings is 3. The molecule has 4 rings (SSSR count). The Bertz CT molecular complexity index is 940. The van der Waals surface area contributed by atoms with Gasteiger partial charge in [0.15, 0.2) is 5.13 Å². The van der Waals surface area contributed by atoms with Crippen molar-refractivity contribution in [2.24, 2.45) is 0 Å². The van der Waals surface area contributed by atoms with Gasteiger partial charge in [0, 0.05) is 16.1 Å². The van der Waals surface area contributed by atoms with Crippen LogP contribution in [0.4, 0.5) is 10.8 Å². The van der Waals surface area contributed by atoms with E-state index in [1.807, 2.05) is 30.3 Å². The van der Waals surface area contributed by atoms with Crippen LogP contribution in [0.2, 0.25) is 5.02 Å². The van der Waals surface area contributed by atoms with Crippen LogP contribution >= 0.6 is 22.9 Å². The lowest BCUT2D eigenvalue weighted by molar-refractivity contribution is 1.45. The molecule has 0 aliphatic heterocycles. The van der Waals surface area contributed by atoms with E-state index >= 15 is 0 Å². The molecule has 2 nitrogen and oxygen atoms in total. The summed E-state index contributed by atoms with van der Waals surface area (Å²) in [5.41, 5.74) is 2.03. The number of halogens is 1. The fraction of sp³-hybridized carbons (Fsp3) is 0. The van der Waals surface area contributed by atoms with E-state index in [0.29, 0.717) is 0 Å². The Morgan fingerprint density at radius 2 is 1.81 bits per heavy atom. The normalized spacial score (nSPS) is 11.1. The molecule has 3 aromatic carbocycles. The van der Waals surface area contributed by atoms with Crippen molar-refractivity contribution in [3.8, 4) is 0 Å². The average molecular weight is 311 g/mol. The van der Waals surface area contributed by atoms with Crippen molar-refractivity contribution >= 4 is 54.7 Å². The van der Waals surface area contributed by atoms with Gasteiger partial charge in [0.2, 0.25) is 0 Å². The molecule has 0 saturated carbocycles. The Kier molecular flexibility index (Phi) is 3.02. The highest BCUT2D eigenvalue weighted by atomic mass is 35.5. The minimum atomic E-state index is 0.739. The first-order chi connectivity index (χ1) is 10.3. The third-order valence-electron chi connectivity index (χ3n) is 3.38. The molecule has 102 valence electrons. The molecule has 1 aromatic heterocycles. The summed E-state index contributed by atoms with van der Waals surface area (Å²) in [6.45, 7) is 0. The summed E-state index contributed by atoms with van der Waals surface area (Å²) in [6, 6.07) is 20.3. The van der Waals surface area contributed by atoms with E-state index in [1.165, 1.54) is 10.8 Å². The Balaban J connectivity index is 1.79. The van der Waals surface area contributed by atoms with Gasteiger partial charge in [0.1, 0.15) is 0 Å². The van der Waals surface area contributed by atoms with Gasteiger partial charge in [0.05, 0.1) is 10.2 Å². The van der Waals surface area contributed by atoms with Crippen molar-refractivity contribution in [1.29, 1.82) is 0 Å². The summed E-state index contributed by atoms with van der Waals surface area (Å²) in [5, 5.41) is 7.44. The Labute approximate surface area is 131 Å². The van der Waals surface area contributed by atoms with E-state index < -0.39 is 0 Å². The monoisotopic (exact) mass is 310 g/mol. The summed E-state index contributed by atoms with van der Waals surface area (Å²) < 4.78 is 1.09. The molecule has 4 aromatic rings. The van der Waals surface area contributed by atoms with Crippen LogP contribution in [-0.4, -0.2) is 4.98 Å². The molecule has 0 aliphatic rings. The van der Waals surface area contributed by atoms with Crippen LogP contribution in [0, 0.1) is 0 Å². The predicted octanol–water partition coefficient (Wildman–Crippen LogP) is 5.85. The standard InChI is InChI=1S/C17H11ClN2S/c18-12-8-9-15-16(10-12)21-17(20-15)19-14-7-3-5-11-4-1-2-6-13(11)14/h1-10H,(H,19,20). The zero-order chi connectivity index (χ0) is 14.2. The quantitative estimate of drug-likeness (QED) is 0.502. The van der Waals surface area contributed by atoms with Gasteiger partial charge in [-0.3, -0.25) is 0 Å². The molecule has 21 heavy (non-hydrogen) atoms. The number of nitrogens with one attached hydrogen (secondary N) is 1. The first-order valence-electron chi connectivity index (χ1n) is 6.60. The maximum atomic E-state index is 6.02. The molecule has 1 heterocycles. The lowest BCUT2D eigenvalue weighted by Gasteiger charge is -2.06. The maximum Gasteiger partial charge on any atom is 0.188 e. The fourth-order valence-electron chi connectivity index (χ4n) is 2.40. The SMILES string of the molecule is Clc1ccc2nc(Nc3cccc4ccccc34)sc2c1. The van der Waals surface area contributed by atoms with E-state index in [-0.39, 0.29) is 0 Å². The molecular formula is C17H11ClN2S. The van der Waals surface area contributed by atoms with E-state index in [4.69, 9.17) is 11.6 Å². The summed E-state index contributed by atoms with van der Waals surface area (Å²) >= 11 is 7.63. The molecule has 0 atom stereocenters. The number of thiazole rings is 1. The third-order valence-corrected chi connectivity index (χ3v) is 4.55.